The number of methoxy groups -OCH3 is 2. The fraction of sp³-hybridized carbons (Fsp3) is 0.346. The quantitative estimate of drug-likeness (QED) is 0.399. The summed E-state index contributed by atoms with van der Waals surface area (Å²) in [6.45, 7) is 2.91. The summed E-state index contributed by atoms with van der Waals surface area (Å²) in [5, 5.41) is 0. The zero-order valence-electron chi connectivity index (χ0n) is 21.7. The van der Waals surface area contributed by atoms with Gasteiger partial charge in [0.2, 0.25) is 10.0 Å². The minimum absolute atomic E-state index is 0.0482. The smallest absolute Gasteiger partial charge is 0.409 e. The number of carbonyl (C=O) groups is 2. The number of benzene rings is 2. The van der Waals surface area contributed by atoms with Gasteiger partial charge in [0.15, 0.2) is 16.3 Å². The van der Waals surface area contributed by atoms with Crippen LogP contribution in [0, 0.1) is 12.3 Å². The Bertz CT molecular complexity index is 1590. The van der Waals surface area contributed by atoms with Gasteiger partial charge in [0.1, 0.15) is 0 Å². The number of hydrogen-bond donors (Lipinski definition) is 0. The lowest BCUT2D eigenvalue weighted by molar-refractivity contribution is 0.0933. The molecule has 4 rings (SSSR count). The summed E-state index contributed by atoms with van der Waals surface area (Å²) in [6.07, 6.45) is 5.11. The van der Waals surface area contributed by atoms with E-state index in [9.17, 15) is 18.0 Å². The number of carbonyl (C=O) groups excluding carboxylic acids is 2. The van der Waals surface area contributed by atoms with E-state index in [-0.39, 0.29) is 49.8 Å². The number of piperazine rings is 1. The molecule has 1 saturated heterocycles. The molecule has 0 spiro atoms. The highest BCUT2D eigenvalue weighted by atomic mass is 32.2. The number of ether oxygens (including phenoxy) is 3. The fourth-order valence-electron chi connectivity index (χ4n) is 4.12. The molecule has 206 valence electrons. The first-order chi connectivity index (χ1) is 18.7. The summed E-state index contributed by atoms with van der Waals surface area (Å²) in [5.74, 6) is 3.09. The van der Waals surface area contributed by atoms with Crippen LogP contribution in [0.25, 0.3) is 10.2 Å². The van der Waals surface area contributed by atoms with Gasteiger partial charge in [0.05, 0.1) is 42.5 Å². The van der Waals surface area contributed by atoms with Crippen LogP contribution in [-0.2, 0) is 21.3 Å². The molecule has 0 N–H and O–H groups in total. The van der Waals surface area contributed by atoms with Crippen molar-refractivity contribution in [1.29, 1.82) is 0 Å². The number of terminal acetylenes is 1. The maximum Gasteiger partial charge on any atom is 0.409 e. The molecule has 0 bridgehead atoms. The molecule has 0 atom stereocenters. The predicted molar refractivity (Wildman–Crippen MR) is 145 cm³/mol. The largest absolute Gasteiger partial charge is 0.493 e. The molecule has 13 heteroatoms. The zero-order chi connectivity index (χ0) is 28.2. The monoisotopic (exact) mass is 572 g/mol. The first kappa shape index (κ1) is 28.2. The van der Waals surface area contributed by atoms with Gasteiger partial charge in [-0.15, -0.1) is 6.42 Å². The molecule has 0 aliphatic carbocycles. The number of nitrogens with zero attached hydrogens (tertiary/aromatic N) is 4. The van der Waals surface area contributed by atoms with Crippen LogP contribution in [-0.4, -0.2) is 81.2 Å². The molecule has 39 heavy (non-hydrogen) atoms. The van der Waals surface area contributed by atoms with Crippen LogP contribution in [0.1, 0.15) is 17.3 Å². The lowest BCUT2D eigenvalue weighted by Crippen LogP contribution is -2.50. The van der Waals surface area contributed by atoms with Crippen molar-refractivity contribution in [3.8, 4) is 23.8 Å². The van der Waals surface area contributed by atoms with Crippen LogP contribution in [0.4, 0.5) is 4.79 Å². The fourth-order valence-corrected chi connectivity index (χ4v) is 6.58. The first-order valence-electron chi connectivity index (χ1n) is 12.0. The van der Waals surface area contributed by atoms with E-state index in [1.165, 1.54) is 59.0 Å². The third-order valence-electron chi connectivity index (χ3n) is 6.14. The lowest BCUT2D eigenvalue weighted by atomic mass is 10.2. The van der Waals surface area contributed by atoms with E-state index < -0.39 is 22.0 Å². The SMILES string of the molecule is C#CCn1c(=NC(=O)c2ccc(S(=O)(=O)N3CCN(C(=O)OCC)CC3)cc2)sc2cc(OC)c(OC)cc21. The van der Waals surface area contributed by atoms with Crippen molar-refractivity contribution in [1.82, 2.24) is 13.8 Å². The van der Waals surface area contributed by atoms with Crippen LogP contribution in [0.3, 0.4) is 0 Å². The predicted octanol–water partition coefficient (Wildman–Crippen LogP) is 2.56. The maximum absolute atomic E-state index is 13.1. The Labute approximate surface area is 230 Å². The molecule has 2 amide bonds. The van der Waals surface area contributed by atoms with Crippen molar-refractivity contribution in [3.05, 3.63) is 46.8 Å². The summed E-state index contributed by atoms with van der Waals surface area (Å²) in [7, 11) is -0.737. The molecule has 11 nitrogen and oxygen atoms in total. The van der Waals surface area contributed by atoms with Crippen LogP contribution >= 0.6 is 11.3 Å². The van der Waals surface area contributed by atoms with Crippen molar-refractivity contribution in [2.75, 3.05) is 47.0 Å². The van der Waals surface area contributed by atoms with Gasteiger partial charge in [-0.1, -0.05) is 17.3 Å². The first-order valence-corrected chi connectivity index (χ1v) is 14.3. The van der Waals surface area contributed by atoms with E-state index >= 15 is 0 Å². The van der Waals surface area contributed by atoms with Gasteiger partial charge in [0, 0.05) is 43.9 Å². The normalized spacial score (nSPS) is 14.7. The van der Waals surface area contributed by atoms with E-state index in [1.54, 1.807) is 23.6 Å². The van der Waals surface area contributed by atoms with Gasteiger partial charge in [-0.25, -0.2) is 13.2 Å². The van der Waals surface area contributed by atoms with E-state index in [0.717, 1.165) is 10.2 Å². The average Bonchev–Trinajstić information content (AvgIpc) is 3.28. The molecule has 2 aromatic carbocycles. The third-order valence-corrected chi connectivity index (χ3v) is 9.09. The minimum Gasteiger partial charge on any atom is -0.493 e. The molecule has 0 saturated carbocycles. The van der Waals surface area contributed by atoms with Crippen LogP contribution in [0.2, 0.25) is 0 Å². The van der Waals surface area contributed by atoms with Crippen LogP contribution in [0.15, 0.2) is 46.3 Å². The standard InChI is InChI=1S/C26H28N4O7S2/c1-5-11-30-20-16-21(35-3)22(36-4)17-23(20)38-25(30)27-24(31)18-7-9-19(10-8-18)39(33,34)29-14-12-28(13-15-29)26(32)37-6-2/h1,7-10,16-17H,6,11-15H2,2-4H3. The lowest BCUT2D eigenvalue weighted by Gasteiger charge is -2.33. The number of thiazole rings is 1. The van der Waals surface area contributed by atoms with Crippen LogP contribution in [0.5, 0.6) is 11.5 Å². The highest BCUT2D eigenvalue weighted by Crippen LogP contribution is 2.33. The summed E-state index contributed by atoms with van der Waals surface area (Å²) in [6, 6.07) is 9.19. The van der Waals surface area contributed by atoms with Gasteiger partial charge in [-0.3, -0.25) is 4.79 Å². The molecular formula is C26H28N4O7S2. The number of sulfonamides is 1. The Morgan fingerprint density at radius 2 is 1.69 bits per heavy atom. The van der Waals surface area contributed by atoms with Gasteiger partial charge < -0.3 is 23.7 Å². The Balaban J connectivity index is 1.57. The Morgan fingerprint density at radius 3 is 2.28 bits per heavy atom. The van der Waals surface area contributed by atoms with Crippen molar-refractivity contribution in [2.45, 2.75) is 18.4 Å². The second-order valence-electron chi connectivity index (χ2n) is 8.38. The number of hydrogen-bond acceptors (Lipinski definition) is 8. The molecule has 2 heterocycles. The van der Waals surface area contributed by atoms with Crippen molar-refractivity contribution in [3.63, 3.8) is 0 Å². The average molecular weight is 573 g/mol. The number of fused-ring (bicyclic) bond motifs is 1. The maximum atomic E-state index is 13.1. The molecule has 0 radical (unpaired) electrons. The molecule has 3 aromatic rings. The molecule has 1 aliphatic heterocycles. The highest BCUT2D eigenvalue weighted by Gasteiger charge is 2.30. The molecule has 0 unspecified atom stereocenters. The van der Waals surface area contributed by atoms with Gasteiger partial charge >= 0.3 is 6.09 Å². The van der Waals surface area contributed by atoms with Crippen LogP contribution < -0.4 is 14.3 Å². The topological polar surface area (TPSA) is 120 Å². The van der Waals surface area contributed by atoms with Gasteiger partial charge in [0.25, 0.3) is 5.91 Å². The molecule has 1 fully saturated rings. The van der Waals surface area contributed by atoms with Gasteiger partial charge in [-0.05, 0) is 31.2 Å². The second kappa shape index (κ2) is 11.9. The summed E-state index contributed by atoms with van der Waals surface area (Å²) in [4.78, 5) is 31.1. The number of amides is 2. The Hall–Kier alpha value is -3.86. The molecular weight excluding hydrogens is 544 g/mol. The summed E-state index contributed by atoms with van der Waals surface area (Å²) >= 11 is 1.27. The third kappa shape index (κ3) is 5.78. The highest BCUT2D eigenvalue weighted by molar-refractivity contribution is 7.89. The number of rotatable bonds is 7. The molecule has 1 aromatic heterocycles. The molecule has 1 aliphatic rings. The van der Waals surface area contributed by atoms with Crippen molar-refractivity contribution in [2.24, 2.45) is 4.99 Å². The summed E-state index contributed by atoms with van der Waals surface area (Å²) in [5.41, 5.74) is 0.965. The van der Waals surface area contributed by atoms with E-state index in [4.69, 9.17) is 20.6 Å². The van der Waals surface area contributed by atoms with E-state index in [1.807, 2.05) is 0 Å². The summed E-state index contributed by atoms with van der Waals surface area (Å²) < 4.78 is 45.8. The second-order valence-corrected chi connectivity index (χ2v) is 11.3. The van der Waals surface area contributed by atoms with E-state index in [0.29, 0.717) is 16.3 Å². The Morgan fingerprint density at radius 1 is 1.05 bits per heavy atom. The Kier molecular flexibility index (Phi) is 8.59. The minimum atomic E-state index is -3.80. The van der Waals surface area contributed by atoms with Crippen molar-refractivity contribution < 1.29 is 32.2 Å². The van der Waals surface area contributed by atoms with Crippen molar-refractivity contribution >= 4 is 43.6 Å². The van der Waals surface area contributed by atoms with Gasteiger partial charge in [-0.2, -0.15) is 9.30 Å². The number of aromatic nitrogens is 1. The van der Waals surface area contributed by atoms with E-state index in [2.05, 4.69) is 10.9 Å². The zero-order valence-corrected chi connectivity index (χ0v) is 23.4.